The van der Waals surface area contributed by atoms with Gasteiger partial charge in [-0.2, -0.15) is 0 Å². The maximum absolute atomic E-state index is 11.9. The maximum Gasteiger partial charge on any atom is 0.293 e. The molecule has 0 aliphatic carbocycles. The zero-order valence-corrected chi connectivity index (χ0v) is 14.0. The number of quaternary nitrogens is 1. The van der Waals surface area contributed by atoms with Gasteiger partial charge in [-0.25, -0.2) is 4.98 Å². The van der Waals surface area contributed by atoms with Gasteiger partial charge in [0, 0.05) is 11.1 Å². The highest BCUT2D eigenvalue weighted by Gasteiger charge is 2.27. The molecule has 1 unspecified atom stereocenters. The first-order chi connectivity index (χ1) is 10.4. The van der Waals surface area contributed by atoms with Gasteiger partial charge in [0.2, 0.25) is 5.91 Å². The summed E-state index contributed by atoms with van der Waals surface area (Å²) in [5.74, 6) is -0.457. The van der Waals surface area contributed by atoms with Gasteiger partial charge in [0.25, 0.3) is 5.91 Å². The largest absolute Gasteiger partial charge is 0.364 e. The summed E-state index contributed by atoms with van der Waals surface area (Å²) in [6.45, 7) is 7.81. The van der Waals surface area contributed by atoms with Gasteiger partial charge in [0.15, 0.2) is 6.54 Å². The standard InChI is InChI=1S/C14H22N4O3S/c1-9-8-22-14(15-9)4-12(19)16-17-13(20)7-18-5-10(2)21-11(3)6-18/h8,10-11H,4-7H2,1-3H3,(H,16,19)(H,17,20)/p+1/t10-,11+. The van der Waals surface area contributed by atoms with Crippen molar-refractivity contribution >= 4 is 23.2 Å². The number of nitrogens with one attached hydrogen (secondary N) is 3. The van der Waals surface area contributed by atoms with E-state index in [4.69, 9.17) is 4.74 Å². The topological polar surface area (TPSA) is 84.8 Å². The lowest BCUT2D eigenvalue weighted by molar-refractivity contribution is -0.907. The molecule has 1 aromatic rings. The maximum atomic E-state index is 11.9. The molecule has 2 rings (SSSR count). The summed E-state index contributed by atoms with van der Waals surface area (Å²) in [7, 11) is 0. The molecule has 122 valence electrons. The van der Waals surface area contributed by atoms with E-state index in [0.29, 0.717) is 6.54 Å². The minimum absolute atomic E-state index is 0.147. The van der Waals surface area contributed by atoms with Crippen LogP contribution in [0, 0.1) is 6.92 Å². The minimum Gasteiger partial charge on any atom is -0.364 e. The van der Waals surface area contributed by atoms with Crippen LogP contribution in [0.25, 0.3) is 0 Å². The van der Waals surface area contributed by atoms with Crippen LogP contribution >= 0.6 is 11.3 Å². The Morgan fingerprint density at radius 3 is 2.55 bits per heavy atom. The Morgan fingerprint density at radius 1 is 1.32 bits per heavy atom. The van der Waals surface area contributed by atoms with Crippen molar-refractivity contribution in [2.75, 3.05) is 19.6 Å². The van der Waals surface area contributed by atoms with Crippen LogP contribution in [-0.2, 0) is 20.7 Å². The number of thiazole rings is 1. The van der Waals surface area contributed by atoms with E-state index in [9.17, 15) is 9.59 Å². The van der Waals surface area contributed by atoms with Gasteiger partial charge < -0.3 is 9.64 Å². The number of aryl methyl sites for hydroxylation is 1. The number of carbonyl (C=O) groups is 2. The van der Waals surface area contributed by atoms with Crippen LogP contribution in [0.15, 0.2) is 5.38 Å². The Balaban J connectivity index is 1.69. The van der Waals surface area contributed by atoms with Crippen LogP contribution in [0.1, 0.15) is 24.5 Å². The van der Waals surface area contributed by atoms with Gasteiger partial charge in [-0.15, -0.1) is 11.3 Å². The third-order valence-corrected chi connectivity index (χ3v) is 4.31. The number of carbonyl (C=O) groups excluding carboxylic acids is 2. The monoisotopic (exact) mass is 327 g/mol. The molecular weight excluding hydrogens is 304 g/mol. The summed E-state index contributed by atoms with van der Waals surface area (Å²) in [5.41, 5.74) is 5.80. The highest BCUT2D eigenvalue weighted by molar-refractivity contribution is 7.09. The van der Waals surface area contributed by atoms with Crippen LogP contribution < -0.4 is 15.8 Å². The molecule has 3 atom stereocenters. The quantitative estimate of drug-likeness (QED) is 0.609. The van der Waals surface area contributed by atoms with E-state index in [0.717, 1.165) is 28.7 Å². The highest BCUT2D eigenvalue weighted by Crippen LogP contribution is 2.08. The Hall–Kier alpha value is -1.51. The smallest absolute Gasteiger partial charge is 0.293 e. The molecule has 7 nitrogen and oxygen atoms in total. The van der Waals surface area contributed by atoms with Crippen molar-refractivity contribution in [3.05, 3.63) is 16.1 Å². The van der Waals surface area contributed by atoms with Gasteiger partial charge in [-0.3, -0.25) is 20.4 Å². The number of nitrogens with zero attached hydrogens (tertiary/aromatic N) is 1. The van der Waals surface area contributed by atoms with Crippen molar-refractivity contribution in [3.63, 3.8) is 0 Å². The van der Waals surface area contributed by atoms with Crippen LogP contribution in [0.5, 0.6) is 0 Å². The Kier molecular flexibility index (Phi) is 5.87. The first-order valence-electron chi connectivity index (χ1n) is 7.40. The second-order valence-corrected chi connectivity index (χ2v) is 6.69. The summed E-state index contributed by atoms with van der Waals surface area (Å²) < 4.78 is 5.64. The summed E-state index contributed by atoms with van der Waals surface area (Å²) in [6, 6.07) is 0. The van der Waals surface area contributed by atoms with Gasteiger partial charge in [0.1, 0.15) is 30.3 Å². The van der Waals surface area contributed by atoms with Gasteiger partial charge in [-0.1, -0.05) is 0 Å². The second kappa shape index (κ2) is 7.66. The molecule has 2 heterocycles. The molecule has 1 aromatic heterocycles. The van der Waals surface area contributed by atoms with E-state index < -0.39 is 0 Å². The predicted molar refractivity (Wildman–Crippen MR) is 82.4 cm³/mol. The number of rotatable bonds is 4. The van der Waals surface area contributed by atoms with Crippen molar-refractivity contribution in [1.82, 2.24) is 15.8 Å². The molecule has 1 saturated heterocycles. The number of amides is 2. The molecule has 0 spiro atoms. The molecule has 8 heteroatoms. The van der Waals surface area contributed by atoms with Crippen molar-refractivity contribution in [2.24, 2.45) is 0 Å². The molecule has 1 aliphatic heterocycles. The number of ether oxygens (including phenoxy) is 1. The first kappa shape index (κ1) is 16.9. The summed E-state index contributed by atoms with van der Waals surface area (Å²) in [4.78, 5) is 29.0. The normalized spacial score (nSPS) is 24.8. The average Bonchev–Trinajstić information content (AvgIpc) is 2.80. The van der Waals surface area contributed by atoms with Crippen molar-refractivity contribution in [3.8, 4) is 0 Å². The lowest BCUT2D eigenvalue weighted by Crippen LogP contribution is -3.16. The minimum atomic E-state index is -0.263. The second-order valence-electron chi connectivity index (χ2n) is 5.75. The van der Waals surface area contributed by atoms with E-state index in [1.165, 1.54) is 11.3 Å². The summed E-state index contributed by atoms with van der Waals surface area (Å²) in [5, 5.41) is 2.64. The fraction of sp³-hybridized carbons (Fsp3) is 0.643. The number of hydrogen-bond donors (Lipinski definition) is 3. The Morgan fingerprint density at radius 2 is 1.95 bits per heavy atom. The predicted octanol–water partition coefficient (Wildman–Crippen LogP) is -1.17. The molecule has 1 aliphatic rings. The molecule has 1 fully saturated rings. The first-order valence-corrected chi connectivity index (χ1v) is 8.28. The summed E-state index contributed by atoms with van der Waals surface area (Å²) >= 11 is 1.44. The zero-order chi connectivity index (χ0) is 16.1. The lowest BCUT2D eigenvalue weighted by atomic mass is 10.2. The molecule has 3 N–H and O–H groups in total. The Bertz CT molecular complexity index is 524. The molecule has 0 aromatic carbocycles. The third-order valence-electron chi connectivity index (χ3n) is 3.35. The van der Waals surface area contributed by atoms with Crippen LogP contribution in [0.4, 0.5) is 0 Å². The fourth-order valence-corrected chi connectivity index (χ4v) is 3.38. The highest BCUT2D eigenvalue weighted by atomic mass is 32.1. The van der Waals surface area contributed by atoms with Crippen LogP contribution in [0.2, 0.25) is 0 Å². The molecule has 22 heavy (non-hydrogen) atoms. The van der Waals surface area contributed by atoms with Gasteiger partial charge in [0.05, 0.1) is 6.42 Å². The van der Waals surface area contributed by atoms with Gasteiger partial charge in [-0.05, 0) is 20.8 Å². The molecule has 0 saturated carbocycles. The number of morpholine rings is 1. The van der Waals surface area contributed by atoms with Crippen molar-refractivity contribution < 1.29 is 19.2 Å². The van der Waals surface area contributed by atoms with E-state index in [2.05, 4.69) is 15.8 Å². The molecule has 0 bridgehead atoms. The van der Waals surface area contributed by atoms with Gasteiger partial charge >= 0.3 is 0 Å². The zero-order valence-electron chi connectivity index (χ0n) is 13.1. The van der Waals surface area contributed by atoms with E-state index in [-0.39, 0.29) is 30.4 Å². The molecule has 2 amide bonds. The fourth-order valence-electron chi connectivity index (χ4n) is 2.61. The van der Waals surface area contributed by atoms with Crippen molar-refractivity contribution in [1.29, 1.82) is 0 Å². The average molecular weight is 327 g/mol. The molecular formula is C14H23N4O3S+. The van der Waals surface area contributed by atoms with E-state index in [1.807, 2.05) is 26.2 Å². The number of hydrazine groups is 1. The van der Waals surface area contributed by atoms with Crippen LogP contribution in [0.3, 0.4) is 0 Å². The van der Waals surface area contributed by atoms with E-state index >= 15 is 0 Å². The molecule has 0 radical (unpaired) electrons. The third kappa shape index (κ3) is 5.36. The number of aromatic nitrogens is 1. The van der Waals surface area contributed by atoms with Crippen molar-refractivity contribution in [2.45, 2.75) is 39.4 Å². The number of hydrogen-bond acceptors (Lipinski definition) is 5. The summed E-state index contributed by atoms with van der Waals surface area (Å²) in [6.07, 6.45) is 0.473. The Labute approximate surface area is 134 Å². The SMILES string of the molecule is Cc1csc(CC(=O)NNC(=O)C[NH+]2C[C@@H](C)O[C@@H](C)C2)n1. The van der Waals surface area contributed by atoms with E-state index in [1.54, 1.807) is 0 Å². The lowest BCUT2D eigenvalue weighted by Gasteiger charge is -2.31. The van der Waals surface area contributed by atoms with Crippen LogP contribution in [-0.4, -0.2) is 48.6 Å².